The van der Waals surface area contributed by atoms with Crippen LogP contribution in [0.3, 0.4) is 0 Å². The predicted octanol–water partition coefficient (Wildman–Crippen LogP) is 5.30. The highest BCUT2D eigenvalue weighted by Crippen LogP contribution is 2.38. The number of hydrogen-bond donors (Lipinski definition) is 0. The molecule has 0 fully saturated rings. The molecule has 124 valence electrons. The van der Waals surface area contributed by atoms with Crippen molar-refractivity contribution >= 4 is 46.7 Å². The van der Waals surface area contributed by atoms with Crippen molar-refractivity contribution in [1.82, 2.24) is 9.97 Å². The Morgan fingerprint density at radius 2 is 1.79 bits per heavy atom. The SMILES string of the molecule is Cc1nc2ccc(-c3ccc(P(C)(C)=O)nc3)c(F)c2c(Cl)c1Cl. The Labute approximate surface area is 149 Å². The molecule has 0 saturated heterocycles. The molecular weight excluding hydrogens is 369 g/mol. The maximum Gasteiger partial charge on any atom is 0.142 e. The van der Waals surface area contributed by atoms with Crippen LogP contribution in [0.5, 0.6) is 0 Å². The van der Waals surface area contributed by atoms with Crippen molar-refractivity contribution in [3.63, 3.8) is 0 Å². The molecule has 0 bridgehead atoms. The zero-order valence-corrected chi connectivity index (χ0v) is 15.7. The first kappa shape index (κ1) is 17.3. The topological polar surface area (TPSA) is 42.9 Å². The van der Waals surface area contributed by atoms with E-state index >= 15 is 0 Å². The van der Waals surface area contributed by atoms with Crippen LogP contribution in [0.25, 0.3) is 22.0 Å². The molecule has 24 heavy (non-hydrogen) atoms. The van der Waals surface area contributed by atoms with E-state index < -0.39 is 13.0 Å². The summed E-state index contributed by atoms with van der Waals surface area (Å²) in [5, 5.41) is 0.576. The summed E-state index contributed by atoms with van der Waals surface area (Å²) < 4.78 is 27.0. The Kier molecular flexibility index (Phi) is 4.41. The highest BCUT2D eigenvalue weighted by Gasteiger charge is 2.18. The molecule has 0 saturated carbocycles. The first-order valence-corrected chi connectivity index (χ1v) is 10.5. The van der Waals surface area contributed by atoms with Crippen LogP contribution in [0, 0.1) is 12.7 Å². The van der Waals surface area contributed by atoms with Crippen molar-refractivity contribution in [2.45, 2.75) is 6.92 Å². The van der Waals surface area contributed by atoms with Gasteiger partial charge in [-0.2, -0.15) is 0 Å². The standard InChI is InChI=1S/C17H14Cl2FN2OP/c1-9-15(18)16(19)14-12(22-9)6-5-11(17(14)20)10-4-7-13(21-8-10)24(2,3)23/h4-8H,1-3H3. The molecule has 0 unspecified atom stereocenters. The third-order valence-electron chi connectivity index (χ3n) is 3.75. The van der Waals surface area contributed by atoms with Crippen LogP contribution in [0.1, 0.15) is 5.69 Å². The monoisotopic (exact) mass is 382 g/mol. The molecular formula is C17H14Cl2FN2OP. The maximum atomic E-state index is 15.0. The molecule has 3 rings (SSSR count). The van der Waals surface area contributed by atoms with Gasteiger partial charge in [0.05, 0.1) is 32.1 Å². The lowest BCUT2D eigenvalue weighted by molar-refractivity contribution is 0.588. The molecule has 0 radical (unpaired) electrons. The van der Waals surface area contributed by atoms with Gasteiger partial charge in [-0.3, -0.25) is 9.97 Å². The lowest BCUT2D eigenvalue weighted by Gasteiger charge is -2.11. The predicted molar refractivity (Wildman–Crippen MR) is 98.8 cm³/mol. The van der Waals surface area contributed by atoms with Gasteiger partial charge < -0.3 is 4.57 Å². The fraction of sp³-hybridized carbons (Fsp3) is 0.176. The minimum absolute atomic E-state index is 0.148. The van der Waals surface area contributed by atoms with E-state index in [1.54, 1.807) is 44.5 Å². The smallest absolute Gasteiger partial charge is 0.142 e. The lowest BCUT2D eigenvalue weighted by atomic mass is 10.0. The second kappa shape index (κ2) is 6.11. The molecule has 3 nitrogen and oxygen atoms in total. The van der Waals surface area contributed by atoms with Gasteiger partial charge in [-0.25, -0.2) is 4.39 Å². The van der Waals surface area contributed by atoms with Crippen molar-refractivity contribution in [3.05, 3.63) is 52.0 Å². The second-order valence-electron chi connectivity index (χ2n) is 5.90. The fourth-order valence-electron chi connectivity index (χ4n) is 2.45. The molecule has 0 N–H and O–H groups in total. The fourth-order valence-corrected chi connectivity index (χ4v) is 3.68. The number of fused-ring (bicyclic) bond motifs is 1. The number of rotatable bonds is 2. The summed E-state index contributed by atoms with van der Waals surface area (Å²) in [5.74, 6) is -0.502. The van der Waals surface area contributed by atoms with Gasteiger partial charge in [0.25, 0.3) is 0 Å². The van der Waals surface area contributed by atoms with Crippen LogP contribution in [-0.2, 0) is 4.57 Å². The summed E-state index contributed by atoms with van der Waals surface area (Å²) in [6, 6.07) is 6.68. The molecule has 0 spiro atoms. The number of benzene rings is 1. The van der Waals surface area contributed by atoms with Gasteiger partial charge in [0.1, 0.15) is 13.0 Å². The highest BCUT2D eigenvalue weighted by atomic mass is 35.5. The molecule has 2 aromatic heterocycles. The molecule has 0 atom stereocenters. The van der Waals surface area contributed by atoms with Crippen molar-refractivity contribution < 1.29 is 8.96 Å². The molecule has 0 amide bonds. The van der Waals surface area contributed by atoms with E-state index in [4.69, 9.17) is 23.2 Å². The molecule has 1 aromatic carbocycles. The van der Waals surface area contributed by atoms with Gasteiger partial charge in [-0.1, -0.05) is 29.3 Å². The number of pyridine rings is 2. The summed E-state index contributed by atoms with van der Waals surface area (Å²) >= 11 is 12.3. The molecule has 0 aliphatic rings. The molecule has 3 aromatic rings. The van der Waals surface area contributed by atoms with Crippen LogP contribution < -0.4 is 5.44 Å². The third kappa shape index (κ3) is 2.95. The number of hydrogen-bond acceptors (Lipinski definition) is 3. The van der Waals surface area contributed by atoms with Crippen LogP contribution in [-0.4, -0.2) is 23.3 Å². The lowest BCUT2D eigenvalue weighted by Crippen LogP contribution is -2.07. The van der Waals surface area contributed by atoms with Crippen LogP contribution in [0.2, 0.25) is 10.0 Å². The van der Waals surface area contributed by atoms with E-state index in [9.17, 15) is 8.96 Å². The van der Waals surface area contributed by atoms with Gasteiger partial charge >= 0.3 is 0 Å². The Morgan fingerprint density at radius 3 is 2.38 bits per heavy atom. The van der Waals surface area contributed by atoms with Crippen LogP contribution in [0.4, 0.5) is 4.39 Å². The zero-order valence-electron chi connectivity index (χ0n) is 13.3. The van der Waals surface area contributed by atoms with Gasteiger partial charge in [0, 0.05) is 17.3 Å². The van der Waals surface area contributed by atoms with Crippen molar-refractivity contribution in [2.24, 2.45) is 0 Å². The average Bonchev–Trinajstić information content (AvgIpc) is 2.52. The van der Waals surface area contributed by atoms with Crippen molar-refractivity contribution in [2.75, 3.05) is 13.3 Å². The molecule has 2 heterocycles. The van der Waals surface area contributed by atoms with Crippen molar-refractivity contribution in [1.29, 1.82) is 0 Å². The van der Waals surface area contributed by atoms with E-state index in [2.05, 4.69) is 9.97 Å². The Morgan fingerprint density at radius 1 is 1.08 bits per heavy atom. The number of aryl methyl sites for hydroxylation is 1. The van der Waals surface area contributed by atoms with Gasteiger partial charge in [-0.05, 0) is 38.5 Å². The highest BCUT2D eigenvalue weighted by molar-refractivity contribution is 7.69. The largest absolute Gasteiger partial charge is 0.318 e. The van der Waals surface area contributed by atoms with E-state index in [0.29, 0.717) is 27.8 Å². The first-order valence-electron chi connectivity index (χ1n) is 7.16. The normalized spacial score (nSPS) is 11.9. The summed E-state index contributed by atoms with van der Waals surface area (Å²) in [6.07, 6.45) is 1.51. The molecule has 7 heteroatoms. The number of halogens is 3. The summed E-state index contributed by atoms with van der Waals surface area (Å²) in [4.78, 5) is 8.47. The third-order valence-corrected chi connectivity index (χ3v) is 6.05. The molecule has 0 aliphatic carbocycles. The molecule has 0 aliphatic heterocycles. The zero-order chi connectivity index (χ0) is 17.6. The quantitative estimate of drug-likeness (QED) is 0.564. The van der Waals surface area contributed by atoms with Gasteiger partial charge in [0.2, 0.25) is 0 Å². The maximum absolute atomic E-state index is 15.0. The average molecular weight is 383 g/mol. The number of nitrogens with zero attached hydrogens (tertiary/aromatic N) is 2. The Hall–Kier alpha value is -1.48. The van der Waals surface area contributed by atoms with Crippen LogP contribution >= 0.6 is 30.3 Å². The Balaban J connectivity index is 2.21. The summed E-state index contributed by atoms with van der Waals surface area (Å²) in [6.45, 7) is 5.00. The van der Waals surface area contributed by atoms with Crippen molar-refractivity contribution in [3.8, 4) is 11.1 Å². The minimum atomic E-state index is -2.45. The summed E-state index contributed by atoms with van der Waals surface area (Å²) in [5.41, 5.74) is 2.41. The second-order valence-corrected chi connectivity index (χ2v) is 9.82. The van der Waals surface area contributed by atoms with Gasteiger partial charge in [-0.15, -0.1) is 0 Å². The van der Waals surface area contributed by atoms with Crippen LogP contribution in [0.15, 0.2) is 30.5 Å². The Bertz CT molecular complexity index is 1000. The van der Waals surface area contributed by atoms with E-state index in [0.717, 1.165) is 0 Å². The first-order chi connectivity index (χ1) is 11.2. The van der Waals surface area contributed by atoms with E-state index in [-0.39, 0.29) is 15.4 Å². The van der Waals surface area contributed by atoms with Gasteiger partial charge in [0.15, 0.2) is 0 Å². The summed E-state index contributed by atoms with van der Waals surface area (Å²) in [7, 11) is -2.45. The van der Waals surface area contributed by atoms with E-state index in [1.807, 2.05) is 0 Å². The minimum Gasteiger partial charge on any atom is -0.318 e. The number of aromatic nitrogens is 2. The van der Waals surface area contributed by atoms with E-state index in [1.165, 1.54) is 6.20 Å².